The highest BCUT2D eigenvalue weighted by atomic mass is 14.8. The summed E-state index contributed by atoms with van der Waals surface area (Å²) < 4.78 is 0. The van der Waals surface area contributed by atoms with Crippen LogP contribution in [0.4, 0.5) is 5.82 Å². The van der Waals surface area contributed by atoms with Gasteiger partial charge in [0, 0.05) is 0 Å². The van der Waals surface area contributed by atoms with Crippen molar-refractivity contribution in [3.05, 3.63) is 24.3 Å². The minimum absolute atomic E-state index is 0.413. The van der Waals surface area contributed by atoms with E-state index >= 15 is 0 Å². The molecule has 0 fully saturated rings. The van der Waals surface area contributed by atoms with E-state index in [9.17, 15) is 0 Å². The van der Waals surface area contributed by atoms with Crippen molar-refractivity contribution in [2.75, 3.05) is 5.73 Å². The van der Waals surface area contributed by atoms with E-state index in [0.717, 1.165) is 10.8 Å². The molecular weight excluding hydrogens is 158 g/mol. The zero-order valence-electron chi connectivity index (χ0n) is 6.99. The van der Waals surface area contributed by atoms with Crippen LogP contribution >= 0.6 is 0 Å². The van der Waals surface area contributed by atoms with Gasteiger partial charge in [0.1, 0.15) is 21.5 Å². The molecule has 58 valence electrons. The van der Waals surface area contributed by atoms with Crippen LogP contribution in [-0.4, -0.2) is 20.7 Å². The van der Waals surface area contributed by atoms with Gasteiger partial charge in [0.25, 0.3) is 0 Å². The van der Waals surface area contributed by atoms with E-state index in [4.69, 9.17) is 21.4 Å². The molecule has 0 amide bonds. The first-order valence-corrected chi connectivity index (χ1v) is 3.88. The molecule has 1 aromatic heterocycles. The van der Waals surface area contributed by atoms with Crippen molar-refractivity contribution in [2.45, 2.75) is 0 Å². The summed E-state index contributed by atoms with van der Waals surface area (Å²) in [6.45, 7) is 0. The molecule has 4 radical (unpaired) electrons. The highest BCUT2D eigenvalue weighted by Gasteiger charge is 1.99. The van der Waals surface area contributed by atoms with Crippen LogP contribution in [0, 0.1) is 0 Å². The average molecular weight is 164 g/mol. The molecule has 2 nitrogen and oxygen atoms in total. The molecule has 13 heavy (non-hydrogen) atoms. The Kier molecular flexibility index (Phi) is 1.76. The van der Waals surface area contributed by atoms with Crippen molar-refractivity contribution in [3.8, 4) is 0 Å². The van der Waals surface area contributed by atoms with Crippen molar-refractivity contribution in [1.29, 1.82) is 0 Å². The van der Waals surface area contributed by atoms with Gasteiger partial charge in [-0.15, -0.1) is 0 Å². The summed E-state index contributed by atoms with van der Waals surface area (Å²) in [5.74, 6) is 0.413. The molecule has 0 saturated heterocycles. The van der Waals surface area contributed by atoms with Gasteiger partial charge < -0.3 is 5.73 Å². The number of aromatic nitrogens is 1. The summed E-state index contributed by atoms with van der Waals surface area (Å²) in [5, 5.41) is 1.80. The van der Waals surface area contributed by atoms with Gasteiger partial charge in [-0.3, -0.25) is 0 Å². The number of hydrogen-bond acceptors (Lipinski definition) is 2. The first kappa shape index (κ1) is 8.17. The smallest absolute Gasteiger partial charge is 0.142 e. The summed E-state index contributed by atoms with van der Waals surface area (Å²) in [5.41, 5.74) is 6.67. The monoisotopic (exact) mass is 164 g/mol. The molecular formula is C9H6B2N2. The maximum atomic E-state index is 5.68. The van der Waals surface area contributed by atoms with Crippen LogP contribution in [0.5, 0.6) is 0 Å². The second kappa shape index (κ2) is 2.80. The van der Waals surface area contributed by atoms with Crippen LogP contribution in [0.2, 0.25) is 0 Å². The standard InChI is InChI=1S/C9H6B2N2/c10-6-1-2-7-5(3-6)4-8(12)13-9(7)11/h1-4H,(H2,12,13). The Morgan fingerprint density at radius 1 is 1.15 bits per heavy atom. The Morgan fingerprint density at radius 2 is 1.92 bits per heavy atom. The summed E-state index contributed by atoms with van der Waals surface area (Å²) in [6, 6.07) is 7.20. The van der Waals surface area contributed by atoms with Crippen LogP contribution in [0.25, 0.3) is 10.8 Å². The molecule has 0 atom stereocenters. The number of nitrogen functional groups attached to an aromatic ring is 1. The lowest BCUT2D eigenvalue weighted by Crippen LogP contribution is -2.13. The molecule has 2 rings (SSSR count). The third-order valence-corrected chi connectivity index (χ3v) is 1.90. The van der Waals surface area contributed by atoms with E-state index in [1.807, 2.05) is 12.1 Å². The lowest BCUT2D eigenvalue weighted by Gasteiger charge is -2.04. The van der Waals surface area contributed by atoms with Crippen molar-refractivity contribution >= 4 is 43.3 Å². The number of hydrogen-bond donors (Lipinski definition) is 1. The highest BCUT2D eigenvalue weighted by molar-refractivity contribution is 6.38. The lowest BCUT2D eigenvalue weighted by atomic mass is 9.90. The van der Waals surface area contributed by atoms with Crippen molar-refractivity contribution < 1.29 is 0 Å². The molecule has 0 aliphatic rings. The molecule has 0 spiro atoms. The van der Waals surface area contributed by atoms with Gasteiger partial charge in [-0.2, -0.15) is 0 Å². The van der Waals surface area contributed by atoms with Gasteiger partial charge in [0.15, 0.2) is 0 Å². The Labute approximate surface area is 79.0 Å². The molecule has 0 unspecified atom stereocenters. The Bertz CT molecular complexity index is 463. The maximum absolute atomic E-state index is 5.68. The van der Waals surface area contributed by atoms with Gasteiger partial charge in [0.2, 0.25) is 0 Å². The van der Waals surface area contributed by atoms with E-state index in [1.165, 1.54) is 0 Å². The summed E-state index contributed by atoms with van der Waals surface area (Å²) >= 11 is 0. The van der Waals surface area contributed by atoms with Crippen LogP contribution in [0.3, 0.4) is 0 Å². The molecule has 0 aliphatic carbocycles. The largest absolute Gasteiger partial charge is 0.384 e. The van der Waals surface area contributed by atoms with Crippen LogP contribution < -0.4 is 16.8 Å². The summed E-state index contributed by atoms with van der Waals surface area (Å²) in [6.07, 6.45) is 0. The molecule has 0 saturated carbocycles. The highest BCUT2D eigenvalue weighted by Crippen LogP contribution is 2.10. The molecule has 0 bridgehead atoms. The number of nitrogens with zero attached hydrogens (tertiary/aromatic N) is 1. The van der Waals surface area contributed by atoms with E-state index in [0.29, 0.717) is 16.9 Å². The first-order chi connectivity index (χ1) is 6.16. The van der Waals surface area contributed by atoms with Crippen LogP contribution in [-0.2, 0) is 0 Å². The van der Waals surface area contributed by atoms with E-state index in [1.54, 1.807) is 12.1 Å². The third-order valence-electron chi connectivity index (χ3n) is 1.90. The van der Waals surface area contributed by atoms with E-state index in [2.05, 4.69) is 4.98 Å². The second-order valence-electron chi connectivity index (χ2n) is 2.91. The average Bonchev–Trinajstić information content (AvgIpc) is 2.02. The van der Waals surface area contributed by atoms with Gasteiger partial charge in [0.05, 0.1) is 0 Å². The number of benzene rings is 1. The van der Waals surface area contributed by atoms with Crippen LogP contribution in [0.15, 0.2) is 24.3 Å². The predicted octanol–water partition coefficient (Wildman–Crippen LogP) is -0.595. The molecule has 2 aromatic rings. The van der Waals surface area contributed by atoms with Gasteiger partial charge in [-0.25, -0.2) is 4.98 Å². The van der Waals surface area contributed by atoms with E-state index in [-0.39, 0.29) is 0 Å². The molecule has 1 aromatic carbocycles. The zero-order chi connectivity index (χ0) is 9.42. The number of anilines is 1. The minimum atomic E-state index is 0.413. The normalized spacial score (nSPS) is 10.5. The molecule has 4 heteroatoms. The first-order valence-electron chi connectivity index (χ1n) is 3.88. The number of nitrogens with two attached hydrogens (primary N) is 1. The predicted molar refractivity (Wildman–Crippen MR) is 56.9 cm³/mol. The Balaban J connectivity index is 2.86. The number of pyridine rings is 1. The number of rotatable bonds is 0. The minimum Gasteiger partial charge on any atom is -0.384 e. The van der Waals surface area contributed by atoms with Crippen molar-refractivity contribution in [3.63, 3.8) is 0 Å². The van der Waals surface area contributed by atoms with E-state index < -0.39 is 0 Å². The third kappa shape index (κ3) is 1.39. The molecule has 2 N–H and O–H groups in total. The van der Waals surface area contributed by atoms with Crippen molar-refractivity contribution in [2.24, 2.45) is 0 Å². The molecule has 0 aliphatic heterocycles. The topological polar surface area (TPSA) is 38.9 Å². The van der Waals surface area contributed by atoms with Crippen molar-refractivity contribution in [1.82, 2.24) is 4.98 Å². The summed E-state index contributed by atoms with van der Waals surface area (Å²) in [7, 11) is 11.3. The fraction of sp³-hybridized carbons (Fsp3) is 0. The fourth-order valence-electron chi connectivity index (χ4n) is 1.32. The van der Waals surface area contributed by atoms with Gasteiger partial charge in [-0.1, -0.05) is 23.7 Å². The summed E-state index contributed by atoms with van der Waals surface area (Å²) in [4.78, 5) is 3.95. The quantitative estimate of drug-likeness (QED) is 0.528. The SMILES string of the molecule is [B]c1ccc2c([B])nc(N)cc2c1. The van der Waals surface area contributed by atoms with Gasteiger partial charge >= 0.3 is 0 Å². The zero-order valence-corrected chi connectivity index (χ0v) is 6.99. The molecule has 1 heterocycles. The number of fused-ring (bicyclic) bond motifs is 1. The van der Waals surface area contributed by atoms with Crippen LogP contribution in [0.1, 0.15) is 0 Å². The second-order valence-corrected chi connectivity index (χ2v) is 2.91. The Morgan fingerprint density at radius 3 is 2.69 bits per heavy atom. The Hall–Kier alpha value is -1.44. The maximum Gasteiger partial charge on any atom is 0.142 e. The lowest BCUT2D eigenvalue weighted by molar-refractivity contribution is 1.42. The van der Waals surface area contributed by atoms with Gasteiger partial charge in [-0.05, 0) is 22.4 Å². The fourth-order valence-corrected chi connectivity index (χ4v) is 1.32.